The summed E-state index contributed by atoms with van der Waals surface area (Å²) < 4.78 is 7.86. The van der Waals surface area contributed by atoms with Gasteiger partial charge in [-0.15, -0.1) is 0 Å². The predicted octanol–water partition coefficient (Wildman–Crippen LogP) is 2.06. The van der Waals surface area contributed by atoms with Gasteiger partial charge in [0.1, 0.15) is 12.2 Å². The van der Waals surface area contributed by atoms with Crippen LogP contribution in [0.25, 0.3) is 10.9 Å². The van der Waals surface area contributed by atoms with Crippen molar-refractivity contribution in [2.24, 2.45) is 7.05 Å². The standard InChI is InChI=1S/C20H19N5O2/c1-24-12-14(16-4-2-3-5-18(16)24)10-19(26)25-9-6-15(13-25)27-20-17(11-21)22-7-8-23-20/h2-5,7-8,12,15H,6,9-10,13H2,1H3. The lowest BCUT2D eigenvalue weighted by atomic mass is 10.1. The summed E-state index contributed by atoms with van der Waals surface area (Å²) in [6, 6.07) is 10.1. The number of aryl methyl sites for hydroxylation is 1. The molecule has 1 saturated heterocycles. The van der Waals surface area contributed by atoms with Gasteiger partial charge in [-0.3, -0.25) is 4.79 Å². The number of nitrogens with zero attached hydrogens (tertiary/aromatic N) is 5. The van der Waals surface area contributed by atoms with Gasteiger partial charge in [0, 0.05) is 49.5 Å². The first-order valence-electron chi connectivity index (χ1n) is 8.84. The summed E-state index contributed by atoms with van der Waals surface area (Å²) in [7, 11) is 1.99. The van der Waals surface area contributed by atoms with Crippen LogP contribution in [0.5, 0.6) is 5.88 Å². The lowest BCUT2D eigenvalue weighted by Gasteiger charge is -2.17. The number of rotatable bonds is 4. The van der Waals surface area contributed by atoms with Crippen LogP contribution < -0.4 is 4.74 Å². The Morgan fingerprint density at radius 1 is 1.33 bits per heavy atom. The molecular formula is C20H19N5O2. The number of fused-ring (bicyclic) bond motifs is 1. The molecule has 3 aromatic rings. The normalized spacial score (nSPS) is 16.4. The zero-order valence-electron chi connectivity index (χ0n) is 15.0. The van der Waals surface area contributed by atoms with Gasteiger partial charge in [0.05, 0.1) is 13.0 Å². The molecule has 1 unspecified atom stereocenters. The van der Waals surface area contributed by atoms with Crippen molar-refractivity contribution < 1.29 is 9.53 Å². The van der Waals surface area contributed by atoms with Crippen molar-refractivity contribution in [1.82, 2.24) is 19.4 Å². The minimum atomic E-state index is -0.176. The molecule has 1 amide bonds. The number of nitriles is 1. The van der Waals surface area contributed by atoms with Crippen molar-refractivity contribution in [1.29, 1.82) is 5.26 Å². The van der Waals surface area contributed by atoms with E-state index in [1.807, 2.05) is 47.0 Å². The highest BCUT2D eigenvalue weighted by Crippen LogP contribution is 2.23. The van der Waals surface area contributed by atoms with Gasteiger partial charge < -0.3 is 14.2 Å². The number of hydrogen-bond donors (Lipinski definition) is 0. The fraction of sp³-hybridized carbons (Fsp3) is 0.300. The Morgan fingerprint density at radius 2 is 2.15 bits per heavy atom. The predicted molar refractivity (Wildman–Crippen MR) is 99.0 cm³/mol. The van der Waals surface area contributed by atoms with E-state index in [0.29, 0.717) is 25.9 Å². The lowest BCUT2D eigenvalue weighted by molar-refractivity contribution is -0.129. The molecule has 0 aliphatic carbocycles. The first kappa shape index (κ1) is 17.0. The fourth-order valence-corrected chi connectivity index (χ4v) is 3.54. The van der Waals surface area contributed by atoms with E-state index in [1.165, 1.54) is 12.4 Å². The highest BCUT2D eigenvalue weighted by Gasteiger charge is 2.29. The Labute approximate surface area is 156 Å². The van der Waals surface area contributed by atoms with Crippen LogP contribution in [0.1, 0.15) is 17.7 Å². The van der Waals surface area contributed by atoms with Gasteiger partial charge >= 0.3 is 0 Å². The zero-order valence-corrected chi connectivity index (χ0v) is 15.0. The molecule has 1 aromatic carbocycles. The van der Waals surface area contributed by atoms with Crippen LogP contribution in [0.4, 0.5) is 0 Å². The van der Waals surface area contributed by atoms with Crippen LogP contribution in [0.2, 0.25) is 0 Å². The highest BCUT2D eigenvalue weighted by molar-refractivity contribution is 5.89. The van der Waals surface area contributed by atoms with Gasteiger partial charge in [-0.05, 0) is 11.6 Å². The van der Waals surface area contributed by atoms with E-state index >= 15 is 0 Å². The smallest absolute Gasteiger partial charge is 0.251 e. The van der Waals surface area contributed by atoms with Crippen LogP contribution >= 0.6 is 0 Å². The molecule has 0 bridgehead atoms. The summed E-state index contributed by atoms with van der Waals surface area (Å²) in [6.45, 7) is 1.13. The Kier molecular flexibility index (Phi) is 4.47. The largest absolute Gasteiger partial charge is 0.470 e. The van der Waals surface area contributed by atoms with Crippen molar-refractivity contribution in [3.63, 3.8) is 0 Å². The first-order chi connectivity index (χ1) is 13.2. The molecule has 3 heterocycles. The molecule has 0 N–H and O–H groups in total. The van der Waals surface area contributed by atoms with E-state index in [0.717, 1.165) is 16.5 Å². The molecule has 7 heteroatoms. The Morgan fingerprint density at radius 3 is 3.00 bits per heavy atom. The zero-order chi connectivity index (χ0) is 18.8. The van der Waals surface area contributed by atoms with Crippen LogP contribution in [0.15, 0.2) is 42.9 Å². The molecule has 1 aliphatic heterocycles. The second-order valence-electron chi connectivity index (χ2n) is 6.65. The number of para-hydroxylation sites is 1. The van der Waals surface area contributed by atoms with Crippen LogP contribution in [-0.4, -0.2) is 44.5 Å². The van der Waals surface area contributed by atoms with E-state index in [-0.39, 0.29) is 23.6 Å². The molecule has 1 atom stereocenters. The summed E-state index contributed by atoms with van der Waals surface area (Å²) in [5.41, 5.74) is 2.32. The van der Waals surface area contributed by atoms with Crippen LogP contribution in [0.3, 0.4) is 0 Å². The number of hydrogen-bond acceptors (Lipinski definition) is 5. The number of aromatic nitrogens is 3. The fourth-order valence-electron chi connectivity index (χ4n) is 3.54. The Bertz CT molecular complexity index is 1040. The lowest BCUT2D eigenvalue weighted by Crippen LogP contribution is -2.32. The van der Waals surface area contributed by atoms with E-state index in [9.17, 15) is 4.79 Å². The van der Waals surface area contributed by atoms with Gasteiger partial charge in [0.15, 0.2) is 0 Å². The number of carbonyl (C=O) groups excluding carboxylic acids is 1. The van der Waals surface area contributed by atoms with Gasteiger partial charge in [0.2, 0.25) is 11.6 Å². The number of likely N-dealkylation sites (tertiary alicyclic amines) is 1. The van der Waals surface area contributed by atoms with Gasteiger partial charge in [-0.2, -0.15) is 5.26 Å². The first-order valence-corrected chi connectivity index (χ1v) is 8.84. The Hall–Kier alpha value is -3.40. The Balaban J connectivity index is 1.43. The molecule has 136 valence electrons. The molecule has 7 nitrogen and oxygen atoms in total. The molecule has 0 spiro atoms. The van der Waals surface area contributed by atoms with E-state index in [4.69, 9.17) is 10.00 Å². The minimum absolute atomic E-state index is 0.0807. The maximum absolute atomic E-state index is 12.8. The molecular weight excluding hydrogens is 342 g/mol. The third kappa shape index (κ3) is 3.34. The topological polar surface area (TPSA) is 84.0 Å². The maximum Gasteiger partial charge on any atom is 0.251 e. The number of benzene rings is 1. The molecule has 0 radical (unpaired) electrons. The highest BCUT2D eigenvalue weighted by atomic mass is 16.5. The molecule has 27 heavy (non-hydrogen) atoms. The number of ether oxygens (including phenoxy) is 1. The van der Waals surface area contributed by atoms with Gasteiger partial charge in [-0.25, -0.2) is 9.97 Å². The van der Waals surface area contributed by atoms with Crippen LogP contribution in [0, 0.1) is 11.3 Å². The second-order valence-corrected chi connectivity index (χ2v) is 6.65. The monoisotopic (exact) mass is 361 g/mol. The van der Waals surface area contributed by atoms with E-state index in [1.54, 1.807) is 0 Å². The quantitative estimate of drug-likeness (QED) is 0.710. The van der Waals surface area contributed by atoms with Crippen molar-refractivity contribution in [3.8, 4) is 11.9 Å². The number of carbonyl (C=O) groups is 1. The maximum atomic E-state index is 12.8. The molecule has 4 rings (SSSR count). The van der Waals surface area contributed by atoms with Crippen molar-refractivity contribution >= 4 is 16.8 Å². The second kappa shape index (κ2) is 7.08. The third-order valence-electron chi connectivity index (χ3n) is 4.87. The summed E-state index contributed by atoms with van der Waals surface area (Å²) in [6.07, 6.45) is 5.87. The van der Waals surface area contributed by atoms with Crippen molar-refractivity contribution in [3.05, 3.63) is 54.1 Å². The molecule has 2 aromatic heterocycles. The summed E-state index contributed by atoms with van der Waals surface area (Å²) in [5, 5.41) is 10.2. The summed E-state index contributed by atoms with van der Waals surface area (Å²) in [4.78, 5) is 22.6. The van der Waals surface area contributed by atoms with E-state index in [2.05, 4.69) is 16.0 Å². The van der Waals surface area contributed by atoms with Crippen molar-refractivity contribution in [2.45, 2.75) is 18.9 Å². The molecule has 0 saturated carbocycles. The van der Waals surface area contributed by atoms with Crippen LogP contribution in [-0.2, 0) is 18.3 Å². The summed E-state index contributed by atoms with van der Waals surface area (Å²) in [5.74, 6) is 0.311. The molecule has 1 fully saturated rings. The van der Waals surface area contributed by atoms with Gasteiger partial charge in [-0.1, -0.05) is 18.2 Å². The van der Waals surface area contributed by atoms with Gasteiger partial charge in [0.25, 0.3) is 5.88 Å². The van der Waals surface area contributed by atoms with Crippen molar-refractivity contribution in [2.75, 3.05) is 13.1 Å². The third-order valence-corrected chi connectivity index (χ3v) is 4.87. The van der Waals surface area contributed by atoms with E-state index < -0.39 is 0 Å². The molecule has 1 aliphatic rings. The average Bonchev–Trinajstić information content (AvgIpc) is 3.28. The minimum Gasteiger partial charge on any atom is -0.470 e. The SMILES string of the molecule is Cn1cc(CC(=O)N2CCC(Oc3nccnc3C#N)C2)c2ccccc21. The average molecular weight is 361 g/mol. The number of amides is 1. The summed E-state index contributed by atoms with van der Waals surface area (Å²) >= 11 is 0.